The van der Waals surface area contributed by atoms with Gasteiger partial charge in [-0.2, -0.15) is 0 Å². The van der Waals surface area contributed by atoms with Crippen LogP contribution in [0.2, 0.25) is 0 Å². The molecule has 1 rings (SSSR count). The number of aryl methyl sites for hydroxylation is 1. The van der Waals surface area contributed by atoms with Crippen LogP contribution in [0.4, 0.5) is 0 Å². The van der Waals surface area contributed by atoms with E-state index in [0.29, 0.717) is 19.6 Å². The number of rotatable bonds is 7. The fourth-order valence-electron chi connectivity index (χ4n) is 1.45. The Morgan fingerprint density at radius 2 is 1.83 bits per heavy atom. The van der Waals surface area contributed by atoms with Crippen molar-refractivity contribution in [3.8, 4) is 0 Å². The van der Waals surface area contributed by atoms with Crippen molar-refractivity contribution in [1.29, 1.82) is 0 Å². The van der Waals surface area contributed by atoms with Gasteiger partial charge in [-0.15, -0.1) is 0 Å². The van der Waals surface area contributed by atoms with Gasteiger partial charge >= 0.3 is 0 Å². The summed E-state index contributed by atoms with van der Waals surface area (Å²) in [4.78, 5) is 2.13. The maximum absolute atomic E-state index is 11.9. The van der Waals surface area contributed by atoms with Crippen LogP contribution in [0.25, 0.3) is 0 Å². The summed E-state index contributed by atoms with van der Waals surface area (Å²) in [5.41, 5.74) is 1.02. The molecule has 0 aliphatic carbocycles. The Kier molecular flexibility index (Phi) is 5.74. The average molecular weight is 272 g/mol. The number of sulfonamides is 1. The van der Waals surface area contributed by atoms with Crippen LogP contribution >= 0.6 is 0 Å². The van der Waals surface area contributed by atoms with Gasteiger partial charge in [0.25, 0.3) is 0 Å². The second-order valence-corrected chi connectivity index (χ2v) is 6.00. The molecular weight excluding hydrogens is 252 g/mol. The van der Waals surface area contributed by atoms with Crippen molar-refractivity contribution < 1.29 is 13.5 Å². The van der Waals surface area contributed by atoms with Crippen molar-refractivity contribution in [3.05, 3.63) is 29.8 Å². The van der Waals surface area contributed by atoms with E-state index in [4.69, 9.17) is 5.11 Å². The lowest BCUT2D eigenvalue weighted by atomic mass is 10.2. The summed E-state index contributed by atoms with van der Waals surface area (Å²) >= 11 is 0. The number of nitrogens with one attached hydrogen (secondary N) is 1. The van der Waals surface area contributed by atoms with Crippen molar-refractivity contribution in [2.24, 2.45) is 0 Å². The minimum Gasteiger partial charge on any atom is -0.395 e. The van der Waals surface area contributed by atoms with Crippen molar-refractivity contribution in [2.75, 3.05) is 33.3 Å². The van der Waals surface area contributed by atoms with Gasteiger partial charge < -0.3 is 10.0 Å². The first-order valence-corrected chi connectivity index (χ1v) is 7.30. The molecule has 0 saturated carbocycles. The first kappa shape index (κ1) is 15.1. The molecule has 6 heteroatoms. The Bertz CT molecular complexity index is 457. The van der Waals surface area contributed by atoms with Crippen LogP contribution < -0.4 is 4.72 Å². The molecule has 0 amide bonds. The van der Waals surface area contributed by atoms with E-state index in [-0.39, 0.29) is 11.5 Å². The molecule has 18 heavy (non-hydrogen) atoms. The Morgan fingerprint density at radius 3 is 2.39 bits per heavy atom. The molecule has 2 N–H and O–H groups in total. The number of aliphatic hydroxyl groups excluding tert-OH is 1. The number of nitrogens with zero attached hydrogens (tertiary/aromatic N) is 1. The third kappa shape index (κ3) is 4.73. The molecule has 0 heterocycles. The minimum absolute atomic E-state index is 0.0706. The number of hydrogen-bond donors (Lipinski definition) is 2. The van der Waals surface area contributed by atoms with Crippen LogP contribution in [-0.4, -0.2) is 51.7 Å². The maximum Gasteiger partial charge on any atom is 0.240 e. The first-order chi connectivity index (χ1) is 8.45. The molecule has 0 bridgehead atoms. The van der Waals surface area contributed by atoms with Gasteiger partial charge in [0, 0.05) is 19.6 Å². The zero-order chi connectivity index (χ0) is 13.6. The van der Waals surface area contributed by atoms with E-state index in [0.717, 1.165) is 5.56 Å². The molecule has 0 saturated heterocycles. The summed E-state index contributed by atoms with van der Waals surface area (Å²) in [5, 5.41) is 8.72. The Labute approximate surface area is 108 Å². The zero-order valence-electron chi connectivity index (χ0n) is 10.8. The van der Waals surface area contributed by atoms with E-state index < -0.39 is 10.0 Å². The normalized spacial score (nSPS) is 12.0. The van der Waals surface area contributed by atoms with Crippen molar-refractivity contribution in [1.82, 2.24) is 9.62 Å². The Balaban J connectivity index is 2.52. The molecule has 0 aliphatic rings. The topological polar surface area (TPSA) is 69.6 Å². The summed E-state index contributed by atoms with van der Waals surface area (Å²) in [7, 11) is -1.60. The van der Waals surface area contributed by atoms with Gasteiger partial charge in [-0.1, -0.05) is 17.7 Å². The Hall–Kier alpha value is -0.950. The van der Waals surface area contributed by atoms with E-state index in [2.05, 4.69) is 4.72 Å². The quantitative estimate of drug-likeness (QED) is 0.744. The highest BCUT2D eigenvalue weighted by Gasteiger charge is 2.12. The van der Waals surface area contributed by atoms with E-state index in [1.54, 1.807) is 24.3 Å². The number of likely N-dealkylation sites (N-methyl/N-ethyl adjacent to an activating group) is 1. The van der Waals surface area contributed by atoms with Gasteiger partial charge in [0.2, 0.25) is 10.0 Å². The SMILES string of the molecule is Cc1ccc(S(=O)(=O)NCCN(C)CCO)cc1. The third-order valence-corrected chi connectivity index (χ3v) is 4.08. The summed E-state index contributed by atoms with van der Waals surface area (Å²) in [6, 6.07) is 6.73. The highest BCUT2D eigenvalue weighted by molar-refractivity contribution is 7.89. The molecule has 102 valence electrons. The number of aliphatic hydroxyl groups is 1. The van der Waals surface area contributed by atoms with Crippen LogP contribution in [0.3, 0.4) is 0 Å². The second-order valence-electron chi connectivity index (χ2n) is 4.24. The summed E-state index contributed by atoms with van der Waals surface area (Å²) in [6.45, 7) is 3.40. The largest absolute Gasteiger partial charge is 0.395 e. The fraction of sp³-hybridized carbons (Fsp3) is 0.500. The van der Waals surface area contributed by atoms with Crippen LogP contribution in [0.15, 0.2) is 29.2 Å². The lowest BCUT2D eigenvalue weighted by Gasteiger charge is -2.15. The second kappa shape index (κ2) is 6.84. The predicted molar refractivity (Wildman–Crippen MR) is 71.0 cm³/mol. The molecule has 0 aromatic heterocycles. The molecule has 0 unspecified atom stereocenters. The molecular formula is C12H20N2O3S. The molecule has 0 spiro atoms. The molecule has 0 atom stereocenters. The molecule has 0 radical (unpaired) electrons. The van der Waals surface area contributed by atoms with E-state index >= 15 is 0 Å². The van der Waals surface area contributed by atoms with Gasteiger partial charge in [-0.05, 0) is 26.1 Å². The van der Waals surface area contributed by atoms with Crippen LogP contribution in [0.5, 0.6) is 0 Å². The molecule has 5 nitrogen and oxygen atoms in total. The van der Waals surface area contributed by atoms with Crippen LogP contribution in [0, 0.1) is 6.92 Å². The van der Waals surface area contributed by atoms with Crippen molar-refractivity contribution in [2.45, 2.75) is 11.8 Å². The predicted octanol–water partition coefficient (Wildman–Crippen LogP) is 0.197. The molecule has 1 aromatic carbocycles. The first-order valence-electron chi connectivity index (χ1n) is 5.81. The molecule has 1 aromatic rings. The highest BCUT2D eigenvalue weighted by atomic mass is 32.2. The maximum atomic E-state index is 11.9. The van der Waals surface area contributed by atoms with Gasteiger partial charge in [0.15, 0.2) is 0 Å². The lowest BCUT2D eigenvalue weighted by molar-refractivity contribution is 0.223. The fourth-order valence-corrected chi connectivity index (χ4v) is 2.48. The van der Waals surface area contributed by atoms with Crippen LogP contribution in [0.1, 0.15) is 5.56 Å². The average Bonchev–Trinajstić information content (AvgIpc) is 2.29. The number of benzene rings is 1. The van der Waals surface area contributed by atoms with Gasteiger partial charge in [0.1, 0.15) is 0 Å². The summed E-state index contributed by atoms with van der Waals surface area (Å²) in [6.07, 6.45) is 0. The molecule has 0 fully saturated rings. The van der Waals surface area contributed by atoms with Crippen molar-refractivity contribution in [3.63, 3.8) is 0 Å². The van der Waals surface area contributed by atoms with Gasteiger partial charge in [0.05, 0.1) is 11.5 Å². The van der Waals surface area contributed by atoms with E-state index in [1.807, 2.05) is 18.9 Å². The summed E-state index contributed by atoms with van der Waals surface area (Å²) in [5.74, 6) is 0. The monoisotopic (exact) mass is 272 g/mol. The van der Waals surface area contributed by atoms with E-state index in [9.17, 15) is 8.42 Å². The lowest BCUT2D eigenvalue weighted by Crippen LogP contribution is -2.34. The van der Waals surface area contributed by atoms with E-state index in [1.165, 1.54) is 0 Å². The smallest absolute Gasteiger partial charge is 0.240 e. The number of hydrogen-bond acceptors (Lipinski definition) is 4. The van der Waals surface area contributed by atoms with Gasteiger partial charge in [-0.3, -0.25) is 0 Å². The van der Waals surface area contributed by atoms with Crippen LogP contribution in [-0.2, 0) is 10.0 Å². The highest BCUT2D eigenvalue weighted by Crippen LogP contribution is 2.09. The van der Waals surface area contributed by atoms with Crippen molar-refractivity contribution >= 4 is 10.0 Å². The van der Waals surface area contributed by atoms with Gasteiger partial charge in [-0.25, -0.2) is 13.1 Å². The standard InChI is InChI=1S/C12H20N2O3S/c1-11-3-5-12(6-4-11)18(16,17)13-7-8-14(2)9-10-15/h3-6,13,15H,7-10H2,1-2H3. The third-order valence-electron chi connectivity index (χ3n) is 2.60. The summed E-state index contributed by atoms with van der Waals surface area (Å²) < 4.78 is 26.3. The molecule has 0 aliphatic heterocycles. The zero-order valence-corrected chi connectivity index (χ0v) is 11.6. The Morgan fingerprint density at radius 1 is 1.22 bits per heavy atom. The minimum atomic E-state index is -3.43.